The molecule has 0 aliphatic heterocycles. The van der Waals surface area contributed by atoms with E-state index in [9.17, 15) is 9.59 Å². The predicted molar refractivity (Wildman–Crippen MR) is 75.9 cm³/mol. The maximum Gasteiger partial charge on any atom is 0.355 e. The van der Waals surface area contributed by atoms with Gasteiger partial charge in [-0.3, -0.25) is 4.79 Å². The van der Waals surface area contributed by atoms with E-state index in [1.165, 1.54) is 29.6 Å². The number of rotatable bonds is 6. The molecule has 0 aromatic carbocycles. The Labute approximate surface area is 121 Å². The molecule has 0 spiro atoms. The summed E-state index contributed by atoms with van der Waals surface area (Å²) >= 11 is 1.24. The number of amides is 1. The summed E-state index contributed by atoms with van der Waals surface area (Å²) in [5.41, 5.74) is 0.0233. The number of nitrogens with zero attached hydrogens (tertiary/aromatic N) is 1. The van der Waals surface area contributed by atoms with Gasteiger partial charge in [-0.1, -0.05) is 12.8 Å². The molecule has 110 valence electrons. The van der Waals surface area contributed by atoms with Crippen LogP contribution in [-0.4, -0.2) is 34.6 Å². The van der Waals surface area contributed by atoms with Crippen LogP contribution in [0.4, 0.5) is 0 Å². The number of aromatic nitrogens is 1. The second kappa shape index (κ2) is 6.81. The van der Waals surface area contributed by atoms with Crippen molar-refractivity contribution in [2.24, 2.45) is 0 Å². The summed E-state index contributed by atoms with van der Waals surface area (Å²) in [6, 6.07) is 0.181. The first kappa shape index (κ1) is 14.9. The lowest BCUT2D eigenvalue weighted by molar-refractivity contribution is -0.121. The lowest BCUT2D eigenvalue weighted by Gasteiger charge is -2.14. The summed E-state index contributed by atoms with van der Waals surface area (Å²) in [6.45, 7) is 2.10. The van der Waals surface area contributed by atoms with E-state index in [0.29, 0.717) is 17.6 Å². The fourth-order valence-corrected chi connectivity index (χ4v) is 3.11. The molecule has 1 saturated carbocycles. The van der Waals surface area contributed by atoms with Gasteiger partial charge < -0.3 is 15.7 Å². The largest absolute Gasteiger partial charge is 0.476 e. The zero-order valence-electron chi connectivity index (χ0n) is 11.4. The summed E-state index contributed by atoms with van der Waals surface area (Å²) in [6.07, 6.45) is 4.73. The van der Waals surface area contributed by atoms with Crippen LogP contribution in [0.2, 0.25) is 0 Å². The number of carbonyl (C=O) groups is 2. The Bertz CT molecular complexity index is 483. The van der Waals surface area contributed by atoms with Gasteiger partial charge in [0, 0.05) is 11.4 Å². The highest BCUT2D eigenvalue weighted by Gasteiger charge is 2.18. The maximum atomic E-state index is 11.8. The van der Waals surface area contributed by atoms with Crippen LogP contribution in [0, 0.1) is 0 Å². The van der Waals surface area contributed by atoms with Gasteiger partial charge in [0.25, 0.3) is 0 Å². The second-order valence-corrected chi connectivity index (χ2v) is 5.92. The molecule has 1 heterocycles. The highest BCUT2D eigenvalue weighted by molar-refractivity contribution is 7.09. The summed E-state index contributed by atoms with van der Waals surface area (Å²) in [5, 5.41) is 17.0. The first-order valence-electron chi connectivity index (χ1n) is 6.77. The molecule has 1 aromatic heterocycles. The molecule has 2 rings (SSSR count). The van der Waals surface area contributed by atoms with Crippen molar-refractivity contribution in [1.29, 1.82) is 0 Å². The van der Waals surface area contributed by atoms with Crippen molar-refractivity contribution in [2.75, 3.05) is 6.54 Å². The minimum atomic E-state index is -1.05. The SMILES string of the molecule is CC(NC(=O)CNC1CCCC1)c1nc(C(=O)O)cs1. The molecule has 20 heavy (non-hydrogen) atoms. The van der Waals surface area contributed by atoms with Crippen molar-refractivity contribution < 1.29 is 14.7 Å². The van der Waals surface area contributed by atoms with Crippen molar-refractivity contribution in [1.82, 2.24) is 15.6 Å². The fourth-order valence-electron chi connectivity index (χ4n) is 2.31. The summed E-state index contributed by atoms with van der Waals surface area (Å²) in [5.74, 6) is -1.13. The smallest absolute Gasteiger partial charge is 0.355 e. The van der Waals surface area contributed by atoms with Gasteiger partial charge in [-0.2, -0.15) is 0 Å². The molecule has 3 N–H and O–H groups in total. The average molecular weight is 297 g/mol. The van der Waals surface area contributed by atoms with Gasteiger partial charge in [-0.15, -0.1) is 11.3 Å². The average Bonchev–Trinajstić information content (AvgIpc) is 3.07. The lowest BCUT2D eigenvalue weighted by Crippen LogP contribution is -2.39. The Morgan fingerprint density at radius 1 is 1.50 bits per heavy atom. The Hall–Kier alpha value is -1.47. The van der Waals surface area contributed by atoms with Gasteiger partial charge in [0.05, 0.1) is 12.6 Å². The van der Waals surface area contributed by atoms with Crippen LogP contribution in [0.25, 0.3) is 0 Å². The van der Waals surface area contributed by atoms with E-state index < -0.39 is 5.97 Å². The van der Waals surface area contributed by atoms with E-state index >= 15 is 0 Å². The van der Waals surface area contributed by atoms with Crippen molar-refractivity contribution >= 4 is 23.2 Å². The van der Waals surface area contributed by atoms with Crippen molar-refractivity contribution in [3.05, 3.63) is 16.1 Å². The number of hydrogen-bond acceptors (Lipinski definition) is 5. The quantitative estimate of drug-likeness (QED) is 0.741. The van der Waals surface area contributed by atoms with Gasteiger partial charge >= 0.3 is 5.97 Å². The van der Waals surface area contributed by atoms with E-state index in [1.807, 2.05) is 0 Å². The Balaban J connectivity index is 1.78. The maximum absolute atomic E-state index is 11.8. The standard InChI is InChI=1S/C13H19N3O3S/c1-8(12-16-10(7-20-12)13(18)19)15-11(17)6-14-9-4-2-3-5-9/h7-9,14H,2-6H2,1H3,(H,15,17)(H,18,19). The first-order valence-corrected chi connectivity index (χ1v) is 7.65. The molecular weight excluding hydrogens is 278 g/mol. The summed E-state index contributed by atoms with van der Waals surface area (Å²) in [7, 11) is 0. The third-order valence-electron chi connectivity index (χ3n) is 3.40. The van der Waals surface area contributed by atoms with Gasteiger partial charge in [0.1, 0.15) is 5.01 Å². The molecular formula is C13H19N3O3S. The van der Waals surface area contributed by atoms with Crippen LogP contribution in [-0.2, 0) is 4.79 Å². The summed E-state index contributed by atoms with van der Waals surface area (Å²) < 4.78 is 0. The van der Waals surface area contributed by atoms with Crippen LogP contribution in [0.3, 0.4) is 0 Å². The summed E-state index contributed by atoms with van der Waals surface area (Å²) in [4.78, 5) is 26.6. The predicted octanol–water partition coefficient (Wildman–Crippen LogP) is 1.55. The highest BCUT2D eigenvalue weighted by atomic mass is 32.1. The fraction of sp³-hybridized carbons (Fsp3) is 0.615. The zero-order valence-corrected chi connectivity index (χ0v) is 12.2. The van der Waals surface area contributed by atoms with Crippen LogP contribution >= 0.6 is 11.3 Å². The molecule has 1 aliphatic rings. The number of carbonyl (C=O) groups excluding carboxylic acids is 1. The van der Waals surface area contributed by atoms with Crippen LogP contribution in [0.1, 0.15) is 54.1 Å². The van der Waals surface area contributed by atoms with Crippen LogP contribution < -0.4 is 10.6 Å². The molecule has 1 aromatic rings. The number of thiazole rings is 1. The van der Waals surface area contributed by atoms with Gasteiger partial charge in [-0.25, -0.2) is 9.78 Å². The Morgan fingerprint density at radius 2 is 2.20 bits per heavy atom. The highest BCUT2D eigenvalue weighted by Crippen LogP contribution is 2.18. The van der Waals surface area contributed by atoms with Crippen molar-refractivity contribution in [3.8, 4) is 0 Å². The van der Waals surface area contributed by atoms with Gasteiger partial charge in [0.2, 0.25) is 5.91 Å². The molecule has 1 unspecified atom stereocenters. The zero-order chi connectivity index (χ0) is 14.5. The lowest BCUT2D eigenvalue weighted by atomic mass is 10.2. The van der Waals surface area contributed by atoms with Gasteiger partial charge in [-0.05, 0) is 19.8 Å². The van der Waals surface area contributed by atoms with E-state index in [2.05, 4.69) is 15.6 Å². The number of carboxylic acids is 1. The minimum Gasteiger partial charge on any atom is -0.476 e. The molecule has 0 bridgehead atoms. The minimum absolute atomic E-state index is 0.0233. The van der Waals surface area contributed by atoms with E-state index in [4.69, 9.17) is 5.11 Å². The monoisotopic (exact) mass is 297 g/mol. The Morgan fingerprint density at radius 3 is 2.80 bits per heavy atom. The molecule has 1 amide bonds. The van der Waals surface area contributed by atoms with Gasteiger partial charge in [0.15, 0.2) is 5.69 Å². The molecule has 0 radical (unpaired) electrons. The molecule has 1 atom stereocenters. The number of carboxylic acid groups (broad SMARTS) is 1. The normalized spacial score (nSPS) is 17.1. The third kappa shape index (κ3) is 4.01. The van der Waals surface area contributed by atoms with Crippen molar-refractivity contribution in [2.45, 2.75) is 44.7 Å². The Kier molecular flexibility index (Phi) is 5.08. The molecule has 0 saturated heterocycles. The molecule has 1 fully saturated rings. The second-order valence-electron chi connectivity index (χ2n) is 5.03. The van der Waals surface area contributed by atoms with Crippen LogP contribution in [0.15, 0.2) is 5.38 Å². The van der Waals surface area contributed by atoms with E-state index in [-0.39, 0.29) is 17.6 Å². The number of aromatic carboxylic acids is 1. The number of hydrogen-bond donors (Lipinski definition) is 3. The molecule has 6 nitrogen and oxygen atoms in total. The van der Waals surface area contributed by atoms with E-state index in [1.54, 1.807) is 6.92 Å². The molecule has 7 heteroatoms. The van der Waals surface area contributed by atoms with Crippen LogP contribution in [0.5, 0.6) is 0 Å². The first-order chi connectivity index (χ1) is 9.56. The number of nitrogens with one attached hydrogen (secondary N) is 2. The van der Waals surface area contributed by atoms with E-state index in [0.717, 1.165) is 12.8 Å². The third-order valence-corrected chi connectivity index (χ3v) is 4.42. The van der Waals surface area contributed by atoms with Crippen molar-refractivity contribution in [3.63, 3.8) is 0 Å². The topological polar surface area (TPSA) is 91.3 Å². The molecule has 1 aliphatic carbocycles.